The Morgan fingerprint density at radius 1 is 1.21 bits per heavy atom. The number of benzene rings is 2. The number of halogens is 2. The summed E-state index contributed by atoms with van der Waals surface area (Å²) in [7, 11) is 1.54. The molecule has 0 saturated heterocycles. The van der Waals surface area contributed by atoms with Gasteiger partial charge in [0.05, 0.1) is 12.1 Å². The third kappa shape index (κ3) is 2.88. The van der Waals surface area contributed by atoms with Crippen molar-refractivity contribution in [3.05, 3.63) is 52.8 Å². The highest BCUT2D eigenvalue weighted by Gasteiger charge is 2.12. The normalized spacial score (nSPS) is 12.3. The van der Waals surface area contributed by atoms with Crippen LogP contribution in [0.5, 0.6) is 5.75 Å². The molecule has 0 amide bonds. The lowest BCUT2D eigenvalue weighted by atomic mass is 9.95. The molecule has 0 aliphatic carbocycles. The summed E-state index contributed by atoms with van der Waals surface area (Å²) < 4.78 is 18.6. The Bertz CT molecular complexity index is 599. The number of hydrogen-bond donors (Lipinski definition) is 1. The van der Waals surface area contributed by atoms with E-state index in [-0.39, 0.29) is 11.9 Å². The summed E-state index contributed by atoms with van der Waals surface area (Å²) in [6, 6.07) is 9.74. The van der Waals surface area contributed by atoms with Gasteiger partial charge < -0.3 is 10.5 Å². The van der Waals surface area contributed by atoms with Crippen LogP contribution < -0.4 is 10.5 Å². The van der Waals surface area contributed by atoms with Crippen molar-refractivity contribution >= 4 is 11.6 Å². The van der Waals surface area contributed by atoms with E-state index >= 15 is 0 Å². The average Bonchev–Trinajstić information content (AvgIpc) is 2.38. The van der Waals surface area contributed by atoms with Gasteiger partial charge in [0, 0.05) is 6.04 Å². The maximum absolute atomic E-state index is 13.5. The molecule has 0 spiro atoms. The number of hydrogen-bond acceptors (Lipinski definition) is 2. The van der Waals surface area contributed by atoms with Gasteiger partial charge in [-0.3, -0.25) is 0 Å². The van der Waals surface area contributed by atoms with Crippen LogP contribution in [-0.2, 0) is 0 Å². The van der Waals surface area contributed by atoms with Crippen LogP contribution in [0, 0.1) is 5.82 Å². The van der Waals surface area contributed by atoms with Gasteiger partial charge in [-0.2, -0.15) is 0 Å². The summed E-state index contributed by atoms with van der Waals surface area (Å²) in [5, 5.41) is 0.519. The maximum atomic E-state index is 13.5. The Balaban J connectivity index is 2.60. The van der Waals surface area contributed by atoms with E-state index in [0.717, 1.165) is 16.7 Å². The molecule has 2 N–H and O–H groups in total. The van der Waals surface area contributed by atoms with Crippen molar-refractivity contribution in [1.82, 2.24) is 0 Å². The molecule has 2 nitrogen and oxygen atoms in total. The van der Waals surface area contributed by atoms with Crippen molar-refractivity contribution in [3.63, 3.8) is 0 Å². The molecule has 4 heteroatoms. The summed E-state index contributed by atoms with van der Waals surface area (Å²) >= 11 is 5.99. The van der Waals surface area contributed by atoms with Gasteiger partial charge in [0.2, 0.25) is 0 Å². The molecule has 0 heterocycles. The van der Waals surface area contributed by atoms with Gasteiger partial charge in [0.15, 0.2) is 0 Å². The monoisotopic (exact) mass is 279 g/mol. The van der Waals surface area contributed by atoms with Crippen molar-refractivity contribution in [3.8, 4) is 16.9 Å². The van der Waals surface area contributed by atoms with Crippen LogP contribution in [0.4, 0.5) is 4.39 Å². The van der Waals surface area contributed by atoms with E-state index in [1.54, 1.807) is 25.3 Å². The number of rotatable bonds is 3. The molecular weight excluding hydrogens is 265 g/mol. The molecule has 19 heavy (non-hydrogen) atoms. The SMILES string of the molecule is COc1cc(-c2cc(F)ccc2C(C)N)ccc1Cl. The first kappa shape index (κ1) is 13.8. The summed E-state index contributed by atoms with van der Waals surface area (Å²) in [5.74, 6) is 0.257. The van der Waals surface area contributed by atoms with Crippen LogP contribution in [0.25, 0.3) is 11.1 Å². The van der Waals surface area contributed by atoms with E-state index in [2.05, 4.69) is 0 Å². The Morgan fingerprint density at radius 2 is 1.95 bits per heavy atom. The summed E-state index contributed by atoms with van der Waals surface area (Å²) in [6.45, 7) is 1.86. The zero-order valence-corrected chi connectivity index (χ0v) is 11.5. The fourth-order valence-electron chi connectivity index (χ4n) is 2.00. The van der Waals surface area contributed by atoms with Crippen molar-refractivity contribution < 1.29 is 9.13 Å². The molecule has 0 fully saturated rings. The van der Waals surface area contributed by atoms with Gasteiger partial charge in [0.25, 0.3) is 0 Å². The molecule has 100 valence electrons. The predicted octanol–water partition coefficient (Wildman–Crippen LogP) is 4.17. The predicted molar refractivity (Wildman–Crippen MR) is 76.0 cm³/mol. The van der Waals surface area contributed by atoms with E-state index in [4.69, 9.17) is 22.1 Å². The molecule has 2 aromatic carbocycles. The first-order valence-electron chi connectivity index (χ1n) is 5.92. The summed E-state index contributed by atoms with van der Waals surface area (Å²) in [6.07, 6.45) is 0. The van der Waals surface area contributed by atoms with E-state index in [0.29, 0.717) is 10.8 Å². The highest BCUT2D eigenvalue weighted by Crippen LogP contribution is 2.33. The fourth-order valence-corrected chi connectivity index (χ4v) is 2.20. The average molecular weight is 280 g/mol. The van der Waals surface area contributed by atoms with E-state index < -0.39 is 0 Å². The van der Waals surface area contributed by atoms with Crippen LogP contribution in [0.1, 0.15) is 18.5 Å². The minimum absolute atomic E-state index is 0.183. The molecule has 0 radical (unpaired) electrons. The van der Waals surface area contributed by atoms with Gasteiger partial charge in [0.1, 0.15) is 11.6 Å². The molecule has 2 rings (SSSR count). The van der Waals surface area contributed by atoms with Gasteiger partial charge in [-0.1, -0.05) is 23.7 Å². The molecular formula is C15H15ClFNO. The molecule has 0 saturated carbocycles. The van der Waals surface area contributed by atoms with E-state index in [1.165, 1.54) is 12.1 Å². The second-order valence-corrected chi connectivity index (χ2v) is 4.78. The second-order valence-electron chi connectivity index (χ2n) is 4.37. The van der Waals surface area contributed by atoms with Gasteiger partial charge >= 0.3 is 0 Å². The lowest BCUT2D eigenvalue weighted by molar-refractivity contribution is 0.415. The minimum Gasteiger partial charge on any atom is -0.495 e. The van der Waals surface area contributed by atoms with E-state index in [1.807, 2.05) is 13.0 Å². The zero-order chi connectivity index (χ0) is 14.0. The molecule has 1 unspecified atom stereocenters. The number of nitrogens with two attached hydrogens (primary N) is 1. The quantitative estimate of drug-likeness (QED) is 0.915. The smallest absolute Gasteiger partial charge is 0.138 e. The second kappa shape index (κ2) is 5.59. The first-order valence-corrected chi connectivity index (χ1v) is 6.29. The molecule has 0 aromatic heterocycles. The summed E-state index contributed by atoms with van der Waals surface area (Å²) in [5.41, 5.74) is 8.38. The molecule has 1 atom stereocenters. The highest BCUT2D eigenvalue weighted by molar-refractivity contribution is 6.32. The number of methoxy groups -OCH3 is 1. The van der Waals surface area contributed by atoms with Crippen LogP contribution in [0.15, 0.2) is 36.4 Å². The summed E-state index contributed by atoms with van der Waals surface area (Å²) in [4.78, 5) is 0. The Kier molecular flexibility index (Phi) is 4.08. The fraction of sp³-hybridized carbons (Fsp3) is 0.200. The van der Waals surface area contributed by atoms with Gasteiger partial charge in [-0.05, 0) is 47.9 Å². The van der Waals surface area contributed by atoms with Crippen molar-refractivity contribution in [2.45, 2.75) is 13.0 Å². The van der Waals surface area contributed by atoms with E-state index in [9.17, 15) is 4.39 Å². The van der Waals surface area contributed by atoms with Crippen LogP contribution in [0.2, 0.25) is 5.02 Å². The van der Waals surface area contributed by atoms with Crippen molar-refractivity contribution in [1.29, 1.82) is 0 Å². The lowest BCUT2D eigenvalue weighted by Crippen LogP contribution is -2.07. The zero-order valence-electron chi connectivity index (χ0n) is 10.8. The van der Waals surface area contributed by atoms with Crippen LogP contribution in [-0.4, -0.2) is 7.11 Å². The van der Waals surface area contributed by atoms with Gasteiger partial charge in [-0.15, -0.1) is 0 Å². The minimum atomic E-state index is -0.298. The van der Waals surface area contributed by atoms with Crippen LogP contribution in [0.3, 0.4) is 0 Å². The number of ether oxygens (including phenoxy) is 1. The Labute approximate surface area is 117 Å². The molecule has 2 aromatic rings. The first-order chi connectivity index (χ1) is 9.02. The third-order valence-corrected chi connectivity index (χ3v) is 3.28. The molecule has 0 bridgehead atoms. The van der Waals surface area contributed by atoms with Crippen molar-refractivity contribution in [2.75, 3.05) is 7.11 Å². The Morgan fingerprint density at radius 3 is 2.58 bits per heavy atom. The standard InChI is InChI=1S/C15H15ClFNO/c1-9(18)12-5-4-11(17)8-13(12)10-3-6-14(16)15(7-10)19-2/h3-9H,18H2,1-2H3. The third-order valence-electron chi connectivity index (χ3n) is 2.97. The maximum Gasteiger partial charge on any atom is 0.138 e. The topological polar surface area (TPSA) is 35.2 Å². The van der Waals surface area contributed by atoms with Gasteiger partial charge in [-0.25, -0.2) is 4.39 Å². The largest absolute Gasteiger partial charge is 0.495 e. The Hall–Kier alpha value is -1.58. The lowest BCUT2D eigenvalue weighted by Gasteiger charge is -2.14. The van der Waals surface area contributed by atoms with Crippen molar-refractivity contribution in [2.24, 2.45) is 5.73 Å². The molecule has 0 aliphatic heterocycles. The molecule has 0 aliphatic rings. The van der Waals surface area contributed by atoms with Crippen LogP contribution >= 0.6 is 11.6 Å². The highest BCUT2D eigenvalue weighted by atomic mass is 35.5.